The second-order valence-corrected chi connectivity index (χ2v) is 6.22. The van der Waals surface area contributed by atoms with E-state index in [0.717, 1.165) is 22.2 Å². The quantitative estimate of drug-likeness (QED) is 0.773. The van der Waals surface area contributed by atoms with E-state index in [-0.39, 0.29) is 18.1 Å². The molecule has 0 radical (unpaired) electrons. The Morgan fingerprint density at radius 1 is 1.17 bits per heavy atom. The van der Waals surface area contributed by atoms with Gasteiger partial charge >= 0.3 is 6.03 Å². The fourth-order valence-electron chi connectivity index (χ4n) is 2.64. The molecule has 0 saturated carbocycles. The van der Waals surface area contributed by atoms with Crippen LogP contribution in [0.5, 0.6) is 0 Å². The Balaban J connectivity index is 1.72. The lowest BCUT2D eigenvalue weighted by molar-refractivity contribution is 0.249. The molecule has 0 aliphatic rings. The summed E-state index contributed by atoms with van der Waals surface area (Å²) in [5.74, 6) is 0. The van der Waals surface area contributed by atoms with Crippen LogP contribution in [0.15, 0.2) is 36.8 Å². The van der Waals surface area contributed by atoms with E-state index >= 15 is 0 Å². The number of carbonyl (C=O) groups excluding carboxylic acids is 1. The summed E-state index contributed by atoms with van der Waals surface area (Å²) >= 11 is 0. The van der Waals surface area contributed by atoms with Crippen molar-refractivity contribution in [2.45, 2.75) is 32.9 Å². The summed E-state index contributed by atoms with van der Waals surface area (Å²) in [6.07, 6.45) is 5.47. The molecule has 126 valence electrons. The molecule has 0 saturated heterocycles. The zero-order valence-electron chi connectivity index (χ0n) is 14.3. The lowest BCUT2D eigenvalue weighted by Crippen LogP contribution is -2.31. The first kappa shape index (κ1) is 16.0. The number of aryl methyl sites for hydroxylation is 1. The van der Waals surface area contributed by atoms with Crippen LogP contribution in [-0.4, -0.2) is 25.6 Å². The molecule has 1 atom stereocenters. The molecule has 1 aromatic carbocycles. The van der Waals surface area contributed by atoms with E-state index in [0.29, 0.717) is 0 Å². The summed E-state index contributed by atoms with van der Waals surface area (Å²) in [6.45, 7) is 6.08. The van der Waals surface area contributed by atoms with Gasteiger partial charge in [-0.05, 0) is 39.0 Å². The van der Waals surface area contributed by atoms with Gasteiger partial charge in [-0.3, -0.25) is 9.36 Å². The Hall–Kier alpha value is -2.83. The minimum Gasteiger partial charge on any atom is -0.331 e. The Morgan fingerprint density at radius 3 is 2.62 bits per heavy atom. The van der Waals surface area contributed by atoms with Crippen molar-refractivity contribution in [1.82, 2.24) is 24.9 Å². The zero-order chi connectivity index (χ0) is 17.3. The van der Waals surface area contributed by atoms with Gasteiger partial charge < -0.3 is 10.6 Å². The second-order valence-electron chi connectivity index (χ2n) is 6.22. The van der Waals surface area contributed by atoms with E-state index in [9.17, 15) is 4.79 Å². The number of rotatable bonds is 4. The highest BCUT2D eigenvalue weighted by atomic mass is 16.2. The number of benzene rings is 1. The molecule has 0 aliphatic heterocycles. The molecule has 0 unspecified atom stereocenters. The molecule has 24 heavy (non-hydrogen) atoms. The fraction of sp³-hybridized carbons (Fsp3) is 0.353. The van der Waals surface area contributed by atoms with Crippen LogP contribution in [0.3, 0.4) is 0 Å². The van der Waals surface area contributed by atoms with Crippen molar-refractivity contribution in [3.05, 3.63) is 42.4 Å². The van der Waals surface area contributed by atoms with Crippen LogP contribution < -0.4 is 10.6 Å². The number of aromatic nitrogens is 4. The lowest BCUT2D eigenvalue weighted by Gasteiger charge is -2.14. The molecule has 2 N–H and O–H groups in total. The highest BCUT2D eigenvalue weighted by molar-refractivity contribution is 5.92. The van der Waals surface area contributed by atoms with Crippen LogP contribution in [0.25, 0.3) is 10.9 Å². The van der Waals surface area contributed by atoms with Crippen molar-refractivity contribution in [2.24, 2.45) is 7.05 Å². The fourth-order valence-corrected chi connectivity index (χ4v) is 2.64. The van der Waals surface area contributed by atoms with Gasteiger partial charge in [-0.2, -0.15) is 10.2 Å². The molecular formula is C17H22N6O. The van der Waals surface area contributed by atoms with Crippen molar-refractivity contribution in [3.63, 3.8) is 0 Å². The first-order valence-electron chi connectivity index (χ1n) is 7.97. The number of nitrogens with zero attached hydrogens (tertiary/aromatic N) is 4. The maximum atomic E-state index is 12.2. The number of hydrogen-bond donors (Lipinski definition) is 2. The minimum atomic E-state index is -0.249. The van der Waals surface area contributed by atoms with Crippen LogP contribution in [0.1, 0.15) is 38.4 Å². The number of anilines is 1. The smallest absolute Gasteiger partial charge is 0.319 e. The maximum Gasteiger partial charge on any atom is 0.319 e. The normalized spacial score (nSPS) is 12.5. The van der Waals surface area contributed by atoms with Gasteiger partial charge in [0.15, 0.2) is 0 Å². The number of urea groups is 1. The summed E-state index contributed by atoms with van der Waals surface area (Å²) in [4.78, 5) is 12.2. The minimum absolute atomic E-state index is 0.122. The molecule has 2 heterocycles. The number of carbonyl (C=O) groups is 1. The number of fused-ring (bicyclic) bond motifs is 1. The van der Waals surface area contributed by atoms with Gasteiger partial charge in [0.1, 0.15) is 0 Å². The second kappa shape index (κ2) is 6.35. The lowest BCUT2D eigenvalue weighted by atomic mass is 10.2. The molecule has 7 nitrogen and oxygen atoms in total. The van der Waals surface area contributed by atoms with Gasteiger partial charge in [0.25, 0.3) is 0 Å². The molecule has 2 amide bonds. The molecule has 2 aromatic heterocycles. The van der Waals surface area contributed by atoms with Gasteiger partial charge in [0.2, 0.25) is 0 Å². The Labute approximate surface area is 140 Å². The number of nitrogens with one attached hydrogen (secondary N) is 2. The third-order valence-corrected chi connectivity index (χ3v) is 3.92. The molecule has 7 heteroatoms. The van der Waals surface area contributed by atoms with Gasteiger partial charge in [-0.25, -0.2) is 4.79 Å². The van der Waals surface area contributed by atoms with E-state index in [2.05, 4.69) is 34.7 Å². The summed E-state index contributed by atoms with van der Waals surface area (Å²) < 4.78 is 3.66. The zero-order valence-corrected chi connectivity index (χ0v) is 14.3. The number of hydrogen-bond acceptors (Lipinski definition) is 3. The monoisotopic (exact) mass is 326 g/mol. The first-order chi connectivity index (χ1) is 11.4. The van der Waals surface area contributed by atoms with E-state index in [1.165, 1.54) is 0 Å². The highest BCUT2D eigenvalue weighted by Gasteiger charge is 2.12. The van der Waals surface area contributed by atoms with Gasteiger partial charge in [0, 0.05) is 35.9 Å². The van der Waals surface area contributed by atoms with Gasteiger partial charge in [-0.1, -0.05) is 0 Å². The van der Waals surface area contributed by atoms with Crippen LogP contribution in [-0.2, 0) is 7.05 Å². The predicted octanol–water partition coefficient (Wildman–Crippen LogP) is 3.23. The van der Waals surface area contributed by atoms with Crippen LogP contribution >= 0.6 is 0 Å². The summed E-state index contributed by atoms with van der Waals surface area (Å²) in [5.41, 5.74) is 2.70. The third kappa shape index (κ3) is 3.24. The van der Waals surface area contributed by atoms with Crippen LogP contribution in [0.2, 0.25) is 0 Å². The summed E-state index contributed by atoms with van der Waals surface area (Å²) in [5, 5.41) is 15.3. The van der Waals surface area contributed by atoms with E-state index in [1.807, 2.05) is 49.2 Å². The predicted molar refractivity (Wildman–Crippen MR) is 93.9 cm³/mol. The SMILES string of the molecule is CC(C)n1ncc2ccc(NC(=O)N[C@@H](C)c3cnn(C)c3)cc21. The van der Waals surface area contributed by atoms with Gasteiger partial charge in [-0.15, -0.1) is 0 Å². The average Bonchev–Trinajstić information content (AvgIpc) is 3.12. The van der Waals surface area contributed by atoms with Crippen molar-refractivity contribution < 1.29 is 4.79 Å². The molecule has 0 bridgehead atoms. The molecule has 3 rings (SSSR count). The third-order valence-electron chi connectivity index (χ3n) is 3.92. The Kier molecular flexibility index (Phi) is 4.24. The van der Waals surface area contributed by atoms with E-state index in [4.69, 9.17) is 0 Å². The Morgan fingerprint density at radius 2 is 1.96 bits per heavy atom. The molecular weight excluding hydrogens is 304 g/mol. The molecule has 0 spiro atoms. The molecule has 0 fully saturated rings. The highest BCUT2D eigenvalue weighted by Crippen LogP contribution is 2.22. The maximum absolute atomic E-state index is 12.2. The molecule has 0 aliphatic carbocycles. The van der Waals surface area contributed by atoms with Crippen molar-refractivity contribution in [3.8, 4) is 0 Å². The van der Waals surface area contributed by atoms with E-state index in [1.54, 1.807) is 10.9 Å². The molecule has 3 aromatic rings. The van der Waals surface area contributed by atoms with Crippen molar-refractivity contribution in [2.75, 3.05) is 5.32 Å². The Bertz CT molecular complexity index is 863. The van der Waals surface area contributed by atoms with Crippen molar-refractivity contribution in [1.29, 1.82) is 0 Å². The average molecular weight is 326 g/mol. The van der Waals surface area contributed by atoms with Gasteiger partial charge in [0.05, 0.1) is 24.0 Å². The number of amides is 2. The first-order valence-corrected chi connectivity index (χ1v) is 7.97. The van der Waals surface area contributed by atoms with E-state index < -0.39 is 0 Å². The summed E-state index contributed by atoms with van der Waals surface area (Å²) in [6, 6.07) is 5.67. The standard InChI is InChI=1S/C17H22N6O/c1-11(2)23-16-7-15(6-5-13(16)8-19-23)21-17(24)20-12(3)14-9-18-22(4)10-14/h5-12H,1-4H3,(H2,20,21,24)/t12-/m0/s1. The van der Waals surface area contributed by atoms with Crippen molar-refractivity contribution >= 4 is 22.6 Å². The summed E-state index contributed by atoms with van der Waals surface area (Å²) in [7, 11) is 1.85. The van der Waals surface area contributed by atoms with Crippen LogP contribution in [0, 0.1) is 0 Å². The largest absolute Gasteiger partial charge is 0.331 e. The van der Waals surface area contributed by atoms with Crippen LogP contribution in [0.4, 0.5) is 10.5 Å². The topological polar surface area (TPSA) is 76.8 Å².